The van der Waals surface area contributed by atoms with Gasteiger partial charge in [-0.15, -0.1) is 0 Å². The van der Waals surface area contributed by atoms with Crippen LogP contribution in [0.25, 0.3) is 0 Å². The summed E-state index contributed by atoms with van der Waals surface area (Å²) in [5.74, 6) is 1.16. The van der Waals surface area contributed by atoms with Gasteiger partial charge in [0.2, 0.25) is 0 Å². The van der Waals surface area contributed by atoms with E-state index >= 15 is 0 Å². The van der Waals surface area contributed by atoms with E-state index in [4.69, 9.17) is 0 Å². The number of aliphatic hydroxyl groups is 1. The monoisotopic (exact) mass is 178 g/mol. The Morgan fingerprint density at radius 3 is 2.85 bits per heavy atom. The SMILES string of the molecule is Cc1nccc(C(O)C2CCC2)n1. The molecule has 2 rings (SSSR count). The molecule has 3 heteroatoms. The zero-order valence-corrected chi connectivity index (χ0v) is 7.77. The van der Waals surface area contributed by atoms with Gasteiger partial charge in [0.1, 0.15) is 5.82 Å². The van der Waals surface area contributed by atoms with Crippen LogP contribution >= 0.6 is 0 Å². The fraction of sp³-hybridized carbons (Fsp3) is 0.600. The van der Waals surface area contributed by atoms with E-state index in [2.05, 4.69) is 9.97 Å². The lowest BCUT2D eigenvalue weighted by atomic mass is 9.80. The summed E-state index contributed by atoms with van der Waals surface area (Å²) < 4.78 is 0. The topological polar surface area (TPSA) is 46.0 Å². The molecule has 1 fully saturated rings. The summed E-state index contributed by atoms with van der Waals surface area (Å²) in [6, 6.07) is 1.80. The fourth-order valence-electron chi connectivity index (χ4n) is 1.64. The molecule has 1 aromatic heterocycles. The van der Waals surface area contributed by atoms with E-state index in [9.17, 15) is 5.11 Å². The van der Waals surface area contributed by atoms with Gasteiger partial charge in [0.25, 0.3) is 0 Å². The number of aryl methyl sites for hydroxylation is 1. The number of aliphatic hydroxyl groups excluding tert-OH is 1. The molecular formula is C10H14N2O. The zero-order chi connectivity index (χ0) is 9.26. The predicted molar refractivity (Wildman–Crippen MR) is 49.1 cm³/mol. The molecule has 1 aliphatic rings. The van der Waals surface area contributed by atoms with Gasteiger partial charge in [-0.3, -0.25) is 0 Å². The lowest BCUT2D eigenvalue weighted by molar-refractivity contribution is 0.0584. The predicted octanol–water partition coefficient (Wildman–Crippen LogP) is 1.62. The van der Waals surface area contributed by atoms with Gasteiger partial charge in [-0.05, 0) is 31.7 Å². The highest BCUT2D eigenvalue weighted by Crippen LogP contribution is 2.36. The van der Waals surface area contributed by atoms with Crippen molar-refractivity contribution in [2.45, 2.75) is 32.3 Å². The highest BCUT2D eigenvalue weighted by molar-refractivity contribution is 5.07. The maximum absolute atomic E-state index is 9.87. The molecule has 0 aliphatic heterocycles. The third kappa shape index (κ3) is 1.70. The van der Waals surface area contributed by atoms with Crippen LogP contribution in [0.1, 0.15) is 36.9 Å². The van der Waals surface area contributed by atoms with Crippen molar-refractivity contribution in [2.24, 2.45) is 5.92 Å². The Morgan fingerprint density at radius 1 is 1.54 bits per heavy atom. The molecule has 3 nitrogen and oxygen atoms in total. The first kappa shape index (κ1) is 8.63. The second-order valence-corrected chi connectivity index (χ2v) is 3.66. The lowest BCUT2D eigenvalue weighted by Crippen LogP contribution is -2.21. The van der Waals surface area contributed by atoms with Crippen LogP contribution < -0.4 is 0 Å². The smallest absolute Gasteiger partial charge is 0.125 e. The maximum atomic E-state index is 9.87. The van der Waals surface area contributed by atoms with Crippen molar-refractivity contribution < 1.29 is 5.11 Å². The minimum atomic E-state index is -0.379. The number of aromatic nitrogens is 2. The van der Waals surface area contributed by atoms with Crippen molar-refractivity contribution in [3.05, 3.63) is 23.8 Å². The van der Waals surface area contributed by atoms with Crippen molar-refractivity contribution >= 4 is 0 Å². The Hall–Kier alpha value is -0.960. The lowest BCUT2D eigenvalue weighted by Gasteiger charge is -2.29. The summed E-state index contributed by atoms with van der Waals surface area (Å²) in [7, 11) is 0. The van der Waals surface area contributed by atoms with Crippen LogP contribution in [0.5, 0.6) is 0 Å². The van der Waals surface area contributed by atoms with E-state index in [0.717, 1.165) is 24.4 Å². The Kier molecular flexibility index (Phi) is 2.27. The molecule has 1 saturated carbocycles. The Bertz CT molecular complexity index is 297. The van der Waals surface area contributed by atoms with E-state index in [1.165, 1.54) is 6.42 Å². The molecule has 0 radical (unpaired) electrons. The molecule has 1 atom stereocenters. The Labute approximate surface area is 77.8 Å². The molecule has 1 aliphatic carbocycles. The molecule has 70 valence electrons. The molecular weight excluding hydrogens is 164 g/mol. The summed E-state index contributed by atoms with van der Waals surface area (Å²) in [5, 5.41) is 9.87. The zero-order valence-electron chi connectivity index (χ0n) is 7.77. The molecule has 1 aromatic rings. The summed E-state index contributed by atoms with van der Waals surface area (Å²) in [5.41, 5.74) is 0.775. The average molecular weight is 178 g/mol. The first-order chi connectivity index (χ1) is 6.27. The Balaban J connectivity index is 2.14. The molecule has 0 amide bonds. The van der Waals surface area contributed by atoms with Crippen molar-refractivity contribution in [2.75, 3.05) is 0 Å². The largest absolute Gasteiger partial charge is 0.387 e. The van der Waals surface area contributed by atoms with Gasteiger partial charge in [0, 0.05) is 6.20 Å². The average Bonchev–Trinajstić information content (AvgIpc) is 2.01. The second kappa shape index (κ2) is 3.42. The van der Waals surface area contributed by atoms with Gasteiger partial charge in [-0.1, -0.05) is 6.42 Å². The van der Waals surface area contributed by atoms with Gasteiger partial charge in [-0.2, -0.15) is 0 Å². The van der Waals surface area contributed by atoms with E-state index in [-0.39, 0.29) is 6.10 Å². The molecule has 1 N–H and O–H groups in total. The highest BCUT2D eigenvalue weighted by atomic mass is 16.3. The van der Waals surface area contributed by atoms with Crippen LogP contribution in [-0.4, -0.2) is 15.1 Å². The molecule has 0 aromatic carbocycles. The van der Waals surface area contributed by atoms with Crippen molar-refractivity contribution in [1.82, 2.24) is 9.97 Å². The number of nitrogens with zero attached hydrogens (tertiary/aromatic N) is 2. The fourth-order valence-corrected chi connectivity index (χ4v) is 1.64. The number of hydrogen-bond donors (Lipinski definition) is 1. The minimum Gasteiger partial charge on any atom is -0.387 e. The van der Waals surface area contributed by atoms with Crippen LogP contribution in [0.3, 0.4) is 0 Å². The molecule has 0 saturated heterocycles. The minimum absolute atomic E-state index is 0.379. The summed E-state index contributed by atoms with van der Waals surface area (Å²) in [6.45, 7) is 1.84. The summed E-state index contributed by atoms with van der Waals surface area (Å²) in [4.78, 5) is 8.22. The summed E-state index contributed by atoms with van der Waals surface area (Å²) >= 11 is 0. The molecule has 13 heavy (non-hydrogen) atoms. The van der Waals surface area contributed by atoms with Gasteiger partial charge in [0.15, 0.2) is 0 Å². The normalized spacial score (nSPS) is 19.5. The van der Waals surface area contributed by atoms with Crippen molar-refractivity contribution in [3.8, 4) is 0 Å². The van der Waals surface area contributed by atoms with E-state index in [1.807, 2.05) is 6.92 Å². The van der Waals surface area contributed by atoms with Crippen molar-refractivity contribution in [3.63, 3.8) is 0 Å². The van der Waals surface area contributed by atoms with Crippen LogP contribution in [0.4, 0.5) is 0 Å². The molecule has 1 unspecified atom stereocenters. The second-order valence-electron chi connectivity index (χ2n) is 3.66. The molecule has 0 bridgehead atoms. The van der Waals surface area contributed by atoms with E-state index in [0.29, 0.717) is 5.92 Å². The van der Waals surface area contributed by atoms with E-state index < -0.39 is 0 Å². The van der Waals surface area contributed by atoms with Gasteiger partial charge >= 0.3 is 0 Å². The first-order valence-electron chi connectivity index (χ1n) is 4.75. The van der Waals surface area contributed by atoms with Crippen LogP contribution in [0, 0.1) is 12.8 Å². The standard InChI is InChI=1S/C10H14N2O/c1-7-11-6-5-9(12-7)10(13)8-3-2-4-8/h5-6,8,10,13H,2-4H2,1H3. The van der Waals surface area contributed by atoms with Crippen LogP contribution in [0.2, 0.25) is 0 Å². The quantitative estimate of drug-likeness (QED) is 0.748. The van der Waals surface area contributed by atoms with Crippen molar-refractivity contribution in [1.29, 1.82) is 0 Å². The van der Waals surface area contributed by atoms with Gasteiger partial charge in [0.05, 0.1) is 11.8 Å². The molecule has 1 heterocycles. The number of rotatable bonds is 2. The first-order valence-corrected chi connectivity index (χ1v) is 4.75. The Morgan fingerprint density at radius 2 is 2.31 bits per heavy atom. The van der Waals surface area contributed by atoms with Crippen LogP contribution in [0.15, 0.2) is 12.3 Å². The molecule has 0 spiro atoms. The maximum Gasteiger partial charge on any atom is 0.125 e. The third-order valence-electron chi connectivity index (χ3n) is 2.70. The van der Waals surface area contributed by atoms with Gasteiger partial charge < -0.3 is 5.11 Å². The number of hydrogen-bond acceptors (Lipinski definition) is 3. The third-order valence-corrected chi connectivity index (χ3v) is 2.70. The van der Waals surface area contributed by atoms with Crippen LogP contribution in [-0.2, 0) is 0 Å². The van der Waals surface area contributed by atoms with E-state index in [1.54, 1.807) is 12.3 Å². The highest BCUT2D eigenvalue weighted by Gasteiger charge is 2.27. The summed E-state index contributed by atoms with van der Waals surface area (Å²) in [6.07, 6.45) is 4.83. The van der Waals surface area contributed by atoms with Gasteiger partial charge in [-0.25, -0.2) is 9.97 Å².